The summed E-state index contributed by atoms with van der Waals surface area (Å²) >= 11 is 0. The van der Waals surface area contributed by atoms with Crippen molar-refractivity contribution in [1.82, 2.24) is 0 Å². The molecule has 0 saturated carbocycles. The lowest BCUT2D eigenvalue weighted by Crippen LogP contribution is -2.26. The number of hydrogen-bond donors (Lipinski definition) is 1. The van der Waals surface area contributed by atoms with E-state index in [-0.39, 0.29) is 6.61 Å². The molecule has 20 heavy (non-hydrogen) atoms. The fourth-order valence-electron chi connectivity index (χ4n) is 1.68. The number of rotatable bonds is 3. The van der Waals surface area contributed by atoms with Crippen molar-refractivity contribution in [2.75, 3.05) is 0 Å². The van der Waals surface area contributed by atoms with Gasteiger partial charge in [0.25, 0.3) is 0 Å². The van der Waals surface area contributed by atoms with Crippen molar-refractivity contribution >= 4 is 5.97 Å². The highest BCUT2D eigenvalue weighted by Gasteiger charge is 2.23. The Hall–Kier alpha value is -1.55. The number of carbonyl (C=O) groups is 1. The Labute approximate surface area is 120 Å². The van der Waals surface area contributed by atoms with Crippen LogP contribution in [0.2, 0.25) is 0 Å². The summed E-state index contributed by atoms with van der Waals surface area (Å²) in [6.07, 6.45) is 0. The number of hydrogen-bond acceptors (Lipinski definition) is 4. The lowest BCUT2D eigenvalue weighted by molar-refractivity contribution is 0.00648. The fourth-order valence-corrected chi connectivity index (χ4v) is 1.68. The zero-order valence-electron chi connectivity index (χ0n) is 13.1. The molecule has 1 rings (SSSR count). The van der Waals surface area contributed by atoms with E-state index in [4.69, 9.17) is 9.47 Å². The molecule has 4 nitrogen and oxygen atoms in total. The maximum atomic E-state index is 12.2. The van der Waals surface area contributed by atoms with Crippen LogP contribution in [-0.2, 0) is 11.3 Å². The van der Waals surface area contributed by atoms with Gasteiger partial charge in [-0.2, -0.15) is 0 Å². The van der Waals surface area contributed by atoms with E-state index >= 15 is 0 Å². The van der Waals surface area contributed by atoms with Crippen molar-refractivity contribution in [1.29, 1.82) is 0 Å². The maximum absolute atomic E-state index is 12.2. The Morgan fingerprint density at radius 3 is 2.15 bits per heavy atom. The summed E-state index contributed by atoms with van der Waals surface area (Å²) in [6.45, 7) is 10.9. The van der Waals surface area contributed by atoms with Gasteiger partial charge in [-0.05, 0) is 53.7 Å². The number of benzene rings is 1. The standard InChI is InChI=1S/C16H24O4/c1-15(2,3)19-13-9-7-8-11(12(13)10-17)14(18)20-16(4,5)6/h7-9,17H,10H2,1-6H3. The van der Waals surface area contributed by atoms with Gasteiger partial charge in [0.1, 0.15) is 17.0 Å². The molecule has 1 aromatic rings. The highest BCUT2D eigenvalue weighted by atomic mass is 16.6. The topological polar surface area (TPSA) is 55.8 Å². The van der Waals surface area contributed by atoms with Gasteiger partial charge in [-0.15, -0.1) is 0 Å². The number of esters is 1. The molecule has 0 bridgehead atoms. The van der Waals surface area contributed by atoms with Gasteiger partial charge in [-0.1, -0.05) is 6.07 Å². The Kier molecular flexibility index (Phi) is 4.81. The Balaban J connectivity index is 3.15. The number of ether oxygens (including phenoxy) is 2. The van der Waals surface area contributed by atoms with E-state index in [1.165, 1.54) is 0 Å². The molecule has 0 heterocycles. The highest BCUT2D eigenvalue weighted by molar-refractivity contribution is 5.92. The normalized spacial score (nSPS) is 12.2. The van der Waals surface area contributed by atoms with E-state index in [1.807, 2.05) is 20.8 Å². The summed E-state index contributed by atoms with van der Waals surface area (Å²) in [7, 11) is 0. The van der Waals surface area contributed by atoms with Gasteiger partial charge in [0.05, 0.1) is 12.2 Å². The summed E-state index contributed by atoms with van der Waals surface area (Å²) in [6, 6.07) is 5.10. The molecular formula is C16H24O4. The molecule has 0 aliphatic heterocycles. The van der Waals surface area contributed by atoms with E-state index in [2.05, 4.69) is 0 Å². The molecule has 4 heteroatoms. The third-order valence-corrected chi connectivity index (χ3v) is 2.33. The summed E-state index contributed by atoms with van der Waals surface area (Å²) in [4.78, 5) is 12.2. The van der Waals surface area contributed by atoms with Crippen molar-refractivity contribution in [2.24, 2.45) is 0 Å². The molecule has 0 unspecified atom stereocenters. The van der Waals surface area contributed by atoms with Crippen molar-refractivity contribution < 1.29 is 19.4 Å². The number of carbonyl (C=O) groups excluding carboxylic acids is 1. The summed E-state index contributed by atoms with van der Waals surface area (Å²) in [5, 5.41) is 9.56. The molecule has 1 N–H and O–H groups in total. The maximum Gasteiger partial charge on any atom is 0.339 e. The second-order valence-corrected chi connectivity index (χ2v) is 6.66. The first-order chi connectivity index (χ1) is 9.03. The van der Waals surface area contributed by atoms with Crippen LogP contribution in [0.1, 0.15) is 57.5 Å². The predicted molar refractivity (Wildman–Crippen MR) is 77.9 cm³/mol. The minimum atomic E-state index is -0.579. The van der Waals surface area contributed by atoms with E-state index in [0.717, 1.165) is 0 Å². The summed E-state index contributed by atoms with van der Waals surface area (Å²) < 4.78 is 11.1. The lowest BCUT2D eigenvalue weighted by atomic mass is 10.1. The molecule has 0 aliphatic carbocycles. The van der Waals surface area contributed by atoms with Gasteiger partial charge in [0.15, 0.2) is 0 Å². The first-order valence-electron chi connectivity index (χ1n) is 6.68. The van der Waals surface area contributed by atoms with Crippen molar-refractivity contribution in [3.63, 3.8) is 0 Å². The van der Waals surface area contributed by atoms with Crippen LogP contribution in [0, 0.1) is 0 Å². The Morgan fingerprint density at radius 2 is 1.70 bits per heavy atom. The number of aliphatic hydroxyl groups is 1. The Morgan fingerprint density at radius 1 is 1.10 bits per heavy atom. The summed E-state index contributed by atoms with van der Waals surface area (Å²) in [5.41, 5.74) is -0.192. The van der Waals surface area contributed by atoms with Crippen LogP contribution < -0.4 is 4.74 Å². The van der Waals surface area contributed by atoms with E-state index in [0.29, 0.717) is 16.9 Å². The number of aliphatic hydroxyl groups excluding tert-OH is 1. The highest BCUT2D eigenvalue weighted by Crippen LogP contribution is 2.27. The average Bonchev–Trinajstić information content (AvgIpc) is 2.24. The monoisotopic (exact) mass is 280 g/mol. The molecule has 0 fully saturated rings. The molecule has 0 amide bonds. The summed E-state index contributed by atoms with van der Waals surface area (Å²) in [5.74, 6) is 0.0456. The van der Waals surface area contributed by atoms with Crippen LogP contribution in [0.3, 0.4) is 0 Å². The van der Waals surface area contributed by atoms with Crippen LogP contribution >= 0.6 is 0 Å². The van der Waals surface area contributed by atoms with Crippen LogP contribution in [0.5, 0.6) is 5.75 Å². The molecule has 0 atom stereocenters. The molecule has 0 saturated heterocycles. The zero-order valence-corrected chi connectivity index (χ0v) is 13.1. The van der Waals surface area contributed by atoms with Gasteiger partial charge in [0, 0.05) is 5.56 Å². The SMILES string of the molecule is CC(C)(C)OC(=O)c1cccc(OC(C)(C)C)c1CO. The van der Waals surface area contributed by atoms with Crippen LogP contribution in [-0.4, -0.2) is 22.3 Å². The van der Waals surface area contributed by atoms with Crippen molar-refractivity contribution in [3.8, 4) is 5.75 Å². The first-order valence-corrected chi connectivity index (χ1v) is 6.68. The van der Waals surface area contributed by atoms with Crippen LogP contribution in [0.25, 0.3) is 0 Å². The van der Waals surface area contributed by atoms with Crippen molar-refractivity contribution in [3.05, 3.63) is 29.3 Å². The molecule has 0 radical (unpaired) electrons. The molecule has 112 valence electrons. The van der Waals surface area contributed by atoms with E-state index < -0.39 is 17.2 Å². The minimum Gasteiger partial charge on any atom is -0.488 e. The third-order valence-electron chi connectivity index (χ3n) is 2.33. The Bertz CT molecular complexity index is 478. The lowest BCUT2D eigenvalue weighted by Gasteiger charge is -2.25. The molecular weight excluding hydrogens is 256 g/mol. The van der Waals surface area contributed by atoms with Gasteiger partial charge < -0.3 is 14.6 Å². The van der Waals surface area contributed by atoms with Crippen LogP contribution in [0.15, 0.2) is 18.2 Å². The first kappa shape index (κ1) is 16.5. The zero-order chi connectivity index (χ0) is 15.6. The largest absolute Gasteiger partial charge is 0.488 e. The van der Waals surface area contributed by atoms with Crippen molar-refractivity contribution in [2.45, 2.75) is 59.4 Å². The van der Waals surface area contributed by atoms with Crippen LogP contribution in [0.4, 0.5) is 0 Å². The fraction of sp³-hybridized carbons (Fsp3) is 0.562. The molecule has 0 aromatic heterocycles. The van der Waals surface area contributed by atoms with Gasteiger partial charge in [0.2, 0.25) is 0 Å². The van der Waals surface area contributed by atoms with E-state index in [9.17, 15) is 9.90 Å². The molecule has 1 aromatic carbocycles. The van der Waals surface area contributed by atoms with Gasteiger partial charge in [-0.3, -0.25) is 0 Å². The third kappa shape index (κ3) is 4.85. The second kappa shape index (κ2) is 5.83. The molecule has 0 aliphatic rings. The second-order valence-electron chi connectivity index (χ2n) is 6.66. The molecule has 0 spiro atoms. The predicted octanol–water partition coefficient (Wildman–Crippen LogP) is 3.31. The quantitative estimate of drug-likeness (QED) is 0.863. The average molecular weight is 280 g/mol. The van der Waals surface area contributed by atoms with Gasteiger partial charge in [-0.25, -0.2) is 4.79 Å². The smallest absolute Gasteiger partial charge is 0.339 e. The van der Waals surface area contributed by atoms with E-state index in [1.54, 1.807) is 39.0 Å². The van der Waals surface area contributed by atoms with Gasteiger partial charge >= 0.3 is 5.97 Å². The minimum absolute atomic E-state index is 0.277.